The van der Waals surface area contributed by atoms with Crippen LogP contribution in [0.3, 0.4) is 0 Å². The molecule has 0 aliphatic carbocycles. The second kappa shape index (κ2) is 7.81. The van der Waals surface area contributed by atoms with E-state index in [1.807, 2.05) is 66.7 Å². The van der Waals surface area contributed by atoms with Crippen molar-refractivity contribution >= 4 is 0 Å². The summed E-state index contributed by atoms with van der Waals surface area (Å²) < 4.78 is 11.1. The van der Waals surface area contributed by atoms with E-state index in [2.05, 4.69) is 5.32 Å². The molecule has 124 valence electrons. The van der Waals surface area contributed by atoms with Crippen molar-refractivity contribution < 1.29 is 14.3 Å². The van der Waals surface area contributed by atoms with E-state index >= 15 is 0 Å². The van der Waals surface area contributed by atoms with Crippen LogP contribution < -0.4 is 10.1 Å². The predicted molar refractivity (Wildman–Crippen MR) is 93.8 cm³/mol. The Morgan fingerprint density at radius 3 is 2.67 bits per heavy atom. The van der Waals surface area contributed by atoms with Crippen LogP contribution in [0, 0.1) is 0 Å². The van der Waals surface area contributed by atoms with Gasteiger partial charge >= 0.3 is 0 Å². The molecule has 3 aromatic rings. The van der Waals surface area contributed by atoms with Crippen LogP contribution >= 0.6 is 0 Å². The van der Waals surface area contributed by atoms with Gasteiger partial charge in [-0.2, -0.15) is 0 Å². The maximum absolute atomic E-state index is 10.1. The molecule has 0 aliphatic heterocycles. The minimum Gasteiger partial charge on any atom is -0.497 e. The number of nitrogens with one attached hydrogen (secondary N) is 1. The van der Waals surface area contributed by atoms with Gasteiger partial charge in [0.2, 0.25) is 0 Å². The number of furan rings is 1. The quantitative estimate of drug-likeness (QED) is 0.695. The molecule has 0 spiro atoms. The summed E-state index contributed by atoms with van der Waals surface area (Å²) in [6.07, 6.45) is -0.529. The summed E-state index contributed by atoms with van der Waals surface area (Å²) in [5.74, 6) is 2.43. The van der Waals surface area contributed by atoms with Gasteiger partial charge in [-0.15, -0.1) is 0 Å². The van der Waals surface area contributed by atoms with Crippen molar-refractivity contribution in [3.63, 3.8) is 0 Å². The second-order valence-corrected chi connectivity index (χ2v) is 5.56. The molecule has 0 bridgehead atoms. The van der Waals surface area contributed by atoms with E-state index in [1.165, 1.54) is 0 Å². The Morgan fingerprint density at radius 2 is 1.88 bits per heavy atom. The summed E-state index contributed by atoms with van der Waals surface area (Å²) in [4.78, 5) is 0. The van der Waals surface area contributed by atoms with Crippen LogP contribution in [0.15, 0.2) is 71.1 Å². The fraction of sp³-hybridized carbons (Fsp3) is 0.200. The minimum atomic E-state index is -0.529. The van der Waals surface area contributed by atoms with Gasteiger partial charge in [0.15, 0.2) is 0 Å². The van der Waals surface area contributed by atoms with Crippen LogP contribution in [-0.2, 0) is 6.54 Å². The van der Waals surface area contributed by atoms with Gasteiger partial charge in [0.25, 0.3) is 0 Å². The number of aliphatic hydroxyl groups is 1. The molecular weight excluding hydrogens is 302 g/mol. The molecule has 1 atom stereocenters. The van der Waals surface area contributed by atoms with Crippen LogP contribution in [-0.4, -0.2) is 18.8 Å². The molecule has 1 heterocycles. The maximum atomic E-state index is 10.1. The van der Waals surface area contributed by atoms with Crippen LogP contribution in [0.1, 0.15) is 17.4 Å². The molecule has 0 saturated heterocycles. The lowest BCUT2D eigenvalue weighted by molar-refractivity contribution is 0.173. The lowest BCUT2D eigenvalue weighted by atomic mass is 10.1. The zero-order valence-corrected chi connectivity index (χ0v) is 13.6. The number of hydrogen-bond acceptors (Lipinski definition) is 4. The van der Waals surface area contributed by atoms with E-state index in [1.54, 1.807) is 7.11 Å². The highest BCUT2D eigenvalue weighted by Crippen LogP contribution is 2.25. The summed E-state index contributed by atoms with van der Waals surface area (Å²) in [6.45, 7) is 1.03. The summed E-state index contributed by atoms with van der Waals surface area (Å²) in [5, 5.41) is 13.4. The minimum absolute atomic E-state index is 0.471. The van der Waals surface area contributed by atoms with Gasteiger partial charge in [0.1, 0.15) is 17.3 Å². The molecule has 4 heteroatoms. The Labute approximate surface area is 141 Å². The van der Waals surface area contributed by atoms with Gasteiger partial charge in [-0.1, -0.05) is 42.5 Å². The Hall–Kier alpha value is -2.56. The average Bonchev–Trinajstić information content (AvgIpc) is 3.11. The van der Waals surface area contributed by atoms with Crippen molar-refractivity contribution in [2.45, 2.75) is 12.6 Å². The molecule has 0 unspecified atom stereocenters. The molecule has 4 nitrogen and oxygen atoms in total. The predicted octanol–water partition coefficient (Wildman–Crippen LogP) is 3.78. The van der Waals surface area contributed by atoms with Gasteiger partial charge in [-0.25, -0.2) is 0 Å². The zero-order valence-electron chi connectivity index (χ0n) is 13.6. The van der Waals surface area contributed by atoms with Crippen molar-refractivity contribution in [1.29, 1.82) is 0 Å². The van der Waals surface area contributed by atoms with E-state index in [0.717, 1.165) is 28.4 Å². The van der Waals surface area contributed by atoms with Gasteiger partial charge in [0.05, 0.1) is 19.8 Å². The van der Waals surface area contributed by atoms with Gasteiger partial charge < -0.3 is 19.6 Å². The lowest BCUT2D eigenvalue weighted by Gasteiger charge is -2.11. The summed E-state index contributed by atoms with van der Waals surface area (Å²) in [7, 11) is 1.65. The van der Waals surface area contributed by atoms with Crippen LogP contribution in [0.2, 0.25) is 0 Å². The number of aliphatic hydroxyl groups excluding tert-OH is 1. The van der Waals surface area contributed by atoms with Crippen LogP contribution in [0.4, 0.5) is 0 Å². The first kappa shape index (κ1) is 16.3. The molecule has 24 heavy (non-hydrogen) atoms. The van der Waals surface area contributed by atoms with Gasteiger partial charge in [-0.3, -0.25) is 0 Å². The maximum Gasteiger partial charge on any atom is 0.134 e. The fourth-order valence-electron chi connectivity index (χ4n) is 2.53. The highest BCUT2D eigenvalue weighted by molar-refractivity contribution is 5.59. The van der Waals surface area contributed by atoms with E-state index in [-0.39, 0.29) is 0 Å². The van der Waals surface area contributed by atoms with Crippen molar-refractivity contribution in [2.75, 3.05) is 13.7 Å². The smallest absolute Gasteiger partial charge is 0.134 e. The van der Waals surface area contributed by atoms with Gasteiger partial charge in [0, 0.05) is 12.1 Å². The Kier molecular flexibility index (Phi) is 5.31. The number of hydrogen-bond donors (Lipinski definition) is 2. The van der Waals surface area contributed by atoms with E-state index in [4.69, 9.17) is 9.15 Å². The normalized spacial score (nSPS) is 12.1. The Morgan fingerprint density at radius 1 is 1.04 bits per heavy atom. The lowest BCUT2D eigenvalue weighted by Crippen LogP contribution is -2.20. The van der Waals surface area contributed by atoms with Crippen molar-refractivity contribution in [1.82, 2.24) is 5.32 Å². The largest absolute Gasteiger partial charge is 0.497 e. The summed E-state index contributed by atoms with van der Waals surface area (Å²) in [6, 6.07) is 21.3. The molecule has 3 rings (SSSR count). The number of methoxy groups -OCH3 is 1. The first-order chi connectivity index (χ1) is 11.8. The third kappa shape index (κ3) is 4.04. The van der Waals surface area contributed by atoms with Gasteiger partial charge in [-0.05, 0) is 29.8 Å². The number of rotatable bonds is 7. The number of benzene rings is 2. The van der Waals surface area contributed by atoms with Crippen molar-refractivity contribution in [3.8, 4) is 17.1 Å². The first-order valence-electron chi connectivity index (χ1n) is 7.93. The molecule has 0 fully saturated rings. The Balaban J connectivity index is 1.56. The Bertz CT molecular complexity index is 767. The second-order valence-electron chi connectivity index (χ2n) is 5.56. The molecule has 2 N–H and O–H groups in total. The summed E-state index contributed by atoms with van der Waals surface area (Å²) >= 11 is 0. The third-order valence-corrected chi connectivity index (χ3v) is 3.84. The first-order valence-corrected chi connectivity index (χ1v) is 7.93. The van der Waals surface area contributed by atoms with Crippen molar-refractivity contribution in [2.24, 2.45) is 0 Å². The highest BCUT2D eigenvalue weighted by atomic mass is 16.5. The summed E-state index contributed by atoms with van der Waals surface area (Å²) in [5.41, 5.74) is 1.88. The standard InChI is InChI=1S/C20H21NO3/c1-23-17-9-5-8-16(12-17)20-11-10-18(24-20)13-21-14-19(22)15-6-3-2-4-7-15/h2-12,19,21-22H,13-14H2,1H3/t19-/m0/s1. The third-order valence-electron chi connectivity index (χ3n) is 3.84. The van der Waals surface area contributed by atoms with E-state index < -0.39 is 6.10 Å². The highest BCUT2D eigenvalue weighted by Gasteiger charge is 2.08. The van der Waals surface area contributed by atoms with Crippen LogP contribution in [0.25, 0.3) is 11.3 Å². The topological polar surface area (TPSA) is 54.6 Å². The number of ether oxygens (including phenoxy) is 1. The molecule has 0 aliphatic rings. The molecule has 2 aromatic carbocycles. The van der Waals surface area contributed by atoms with E-state index in [0.29, 0.717) is 13.1 Å². The molecule has 0 amide bonds. The molecule has 1 aromatic heterocycles. The molecular formula is C20H21NO3. The van der Waals surface area contributed by atoms with Crippen molar-refractivity contribution in [3.05, 3.63) is 78.1 Å². The van der Waals surface area contributed by atoms with E-state index in [9.17, 15) is 5.11 Å². The molecule has 0 radical (unpaired) electrons. The zero-order chi connectivity index (χ0) is 16.8. The SMILES string of the molecule is COc1cccc(-c2ccc(CNC[C@H](O)c3ccccc3)o2)c1. The average molecular weight is 323 g/mol. The molecule has 0 saturated carbocycles. The van der Waals surface area contributed by atoms with Crippen LogP contribution in [0.5, 0.6) is 5.75 Å². The monoisotopic (exact) mass is 323 g/mol. The fourth-order valence-corrected chi connectivity index (χ4v) is 2.53.